The smallest absolute Gasteiger partial charge is 0.399 e. The molecule has 0 bridgehead atoms. The molecule has 6 rings (SSSR count). The molecular weight excluding hydrogens is 899 g/mol. The molecule has 3 aromatic carbocycles. The summed E-state index contributed by atoms with van der Waals surface area (Å²) >= 11 is 11.6. The standard InChI is InChI=1S/C30H25BBr3N6.Tl/c1-19-25(32)28(22-13-7-4-8-14-22)35-38(19)31(39-20(2)26(33)29(36-39)23-15-9-5-10-16-23)40-21(3)27(34)30(37-40)24-17-11-6-12-18-24;/h4-18,31H,1-3H3;/q-1;+1. The van der Waals surface area contributed by atoms with Crippen molar-refractivity contribution < 1.29 is 0 Å². The maximum atomic E-state index is 5.19. The van der Waals surface area contributed by atoms with Crippen LogP contribution in [-0.4, -0.2) is 63.5 Å². The quantitative estimate of drug-likeness (QED) is 0.161. The Balaban J connectivity index is 0.00000337. The van der Waals surface area contributed by atoms with Crippen molar-refractivity contribution in [3.8, 4) is 33.8 Å². The molecule has 0 unspecified atom stereocenters. The van der Waals surface area contributed by atoms with Crippen molar-refractivity contribution in [3.63, 3.8) is 0 Å². The van der Waals surface area contributed by atoms with E-state index in [2.05, 4.69) is 119 Å². The number of hydrogen-bond donors (Lipinski definition) is 0. The molecule has 3 heterocycles. The van der Waals surface area contributed by atoms with Crippen LogP contribution < -0.4 is 0 Å². The molecule has 0 spiro atoms. The van der Waals surface area contributed by atoms with Crippen molar-refractivity contribution in [1.29, 1.82) is 0 Å². The summed E-state index contributed by atoms with van der Waals surface area (Å²) in [5.74, 6) is 0. The zero-order chi connectivity index (χ0) is 28.0. The van der Waals surface area contributed by atoms with Gasteiger partial charge in [0.2, 0.25) is 0 Å². The molecule has 0 amide bonds. The second-order valence-corrected chi connectivity index (χ2v) is 12.1. The summed E-state index contributed by atoms with van der Waals surface area (Å²) in [4.78, 5) is 0. The van der Waals surface area contributed by atoms with Gasteiger partial charge in [-0.2, -0.15) is 0 Å². The van der Waals surface area contributed by atoms with Gasteiger partial charge in [-0.1, -0.05) is 91.0 Å². The van der Waals surface area contributed by atoms with Gasteiger partial charge in [0, 0.05) is 33.8 Å². The first-order valence-corrected chi connectivity index (χ1v) is 15.3. The molecule has 0 saturated carbocycles. The Morgan fingerprint density at radius 2 is 0.707 bits per heavy atom. The third-order valence-corrected chi connectivity index (χ3v) is 10.2. The first kappa shape index (κ1) is 30.2. The molecule has 3 aromatic heterocycles. The third kappa shape index (κ3) is 5.48. The molecule has 0 aliphatic carbocycles. The summed E-state index contributed by atoms with van der Waals surface area (Å²) in [5.41, 5.74) is 8.78. The van der Waals surface area contributed by atoms with Crippen molar-refractivity contribution >= 4 is 82.2 Å². The fourth-order valence-electron chi connectivity index (χ4n) is 5.12. The zero-order valence-electron chi connectivity index (χ0n) is 22.8. The van der Waals surface area contributed by atoms with Crippen LogP contribution >= 0.6 is 47.8 Å². The minimum absolute atomic E-state index is 0. The van der Waals surface area contributed by atoms with E-state index in [-0.39, 0.29) is 27.3 Å². The molecule has 0 atom stereocenters. The van der Waals surface area contributed by atoms with E-state index in [9.17, 15) is 0 Å². The van der Waals surface area contributed by atoms with Crippen LogP contribution in [-0.2, 0) is 0 Å². The molecule has 0 fully saturated rings. The fraction of sp³-hybridized carbons (Fsp3) is 0.100. The Bertz CT molecular complexity index is 1600. The first-order chi connectivity index (χ1) is 19.4. The van der Waals surface area contributed by atoms with Crippen molar-refractivity contribution in [2.45, 2.75) is 20.8 Å². The van der Waals surface area contributed by atoms with E-state index in [1.807, 2.05) is 54.6 Å². The predicted molar refractivity (Wildman–Crippen MR) is 179 cm³/mol. The van der Waals surface area contributed by atoms with Crippen LogP contribution in [0.25, 0.3) is 33.8 Å². The number of rotatable bonds is 6. The summed E-state index contributed by atoms with van der Waals surface area (Å²) in [6.45, 7) is 6.25. The third-order valence-electron chi connectivity index (χ3n) is 7.35. The number of halogens is 3. The molecule has 41 heavy (non-hydrogen) atoms. The van der Waals surface area contributed by atoms with Gasteiger partial charge in [-0.25, -0.2) is 15.3 Å². The minimum Gasteiger partial charge on any atom is -0.399 e. The largest absolute Gasteiger partial charge is 1.00 e. The van der Waals surface area contributed by atoms with Crippen LogP contribution in [0.15, 0.2) is 104 Å². The summed E-state index contributed by atoms with van der Waals surface area (Å²) < 4.78 is 9.10. The van der Waals surface area contributed by atoms with E-state index in [4.69, 9.17) is 15.3 Å². The Morgan fingerprint density at radius 1 is 0.463 bits per heavy atom. The van der Waals surface area contributed by atoms with E-state index in [0.717, 1.165) is 64.3 Å². The Morgan fingerprint density at radius 3 is 0.951 bits per heavy atom. The summed E-state index contributed by atoms with van der Waals surface area (Å²) in [5, 5.41) is 15.6. The molecular formula is C30H25BBr3N6Tl. The SMILES string of the molecule is Cc1c(Br)c(-c2ccccc2)nn1[BH-](n1nc(-c2ccccc2)c(Br)c1C)n1nc(-c2ccccc2)c(Br)c1C.[Tl+]. The van der Waals surface area contributed by atoms with Gasteiger partial charge in [-0.15, -0.1) is 0 Å². The predicted octanol–water partition coefficient (Wildman–Crippen LogP) is 7.77. The van der Waals surface area contributed by atoms with Gasteiger partial charge in [-0.05, 0) is 68.6 Å². The molecule has 11 heteroatoms. The average molecular weight is 924 g/mol. The maximum absolute atomic E-state index is 5.19. The summed E-state index contributed by atoms with van der Waals surface area (Å²) in [6.07, 6.45) is 0. The van der Waals surface area contributed by atoms with Crippen molar-refractivity contribution in [2.75, 3.05) is 0 Å². The molecule has 0 aliphatic heterocycles. The Labute approximate surface area is 284 Å². The topological polar surface area (TPSA) is 53.5 Å². The molecule has 6 nitrogen and oxygen atoms in total. The normalized spacial score (nSPS) is 11.2. The Hall–Kier alpha value is -2.28. The van der Waals surface area contributed by atoms with Crippen LogP contribution in [0.2, 0.25) is 0 Å². The van der Waals surface area contributed by atoms with Gasteiger partial charge >= 0.3 is 34.4 Å². The van der Waals surface area contributed by atoms with Gasteiger partial charge < -0.3 is 13.8 Å². The van der Waals surface area contributed by atoms with Gasteiger partial charge in [-0.3, -0.25) is 0 Å². The van der Waals surface area contributed by atoms with E-state index >= 15 is 0 Å². The van der Waals surface area contributed by atoms with Crippen molar-refractivity contribution in [1.82, 2.24) is 29.1 Å². The molecule has 0 N–H and O–H groups in total. The molecule has 0 aliphatic rings. The van der Waals surface area contributed by atoms with Crippen LogP contribution in [0.3, 0.4) is 0 Å². The van der Waals surface area contributed by atoms with Crippen molar-refractivity contribution in [2.24, 2.45) is 0 Å². The fourth-order valence-corrected chi connectivity index (χ4v) is 6.66. The monoisotopic (exact) mass is 922 g/mol. The van der Waals surface area contributed by atoms with Crippen LogP contribution in [0.5, 0.6) is 0 Å². The van der Waals surface area contributed by atoms with E-state index in [1.165, 1.54) is 0 Å². The zero-order valence-corrected chi connectivity index (χ0v) is 32.0. The van der Waals surface area contributed by atoms with Gasteiger partial charge in [0.25, 0.3) is 0 Å². The van der Waals surface area contributed by atoms with Crippen LogP contribution in [0, 0.1) is 20.8 Å². The van der Waals surface area contributed by atoms with E-state index in [1.54, 1.807) is 0 Å². The molecule has 0 radical (unpaired) electrons. The number of hydrogen-bond acceptors (Lipinski definition) is 3. The Kier molecular flexibility index (Phi) is 9.22. The summed E-state index contributed by atoms with van der Waals surface area (Å²) in [7, 11) is -1.70. The average Bonchev–Trinajstić information content (AvgIpc) is 3.57. The van der Waals surface area contributed by atoms with Gasteiger partial charge in [0.05, 0.1) is 13.4 Å². The van der Waals surface area contributed by atoms with Gasteiger partial charge in [0.1, 0.15) is 17.1 Å². The van der Waals surface area contributed by atoms with Crippen LogP contribution in [0.4, 0.5) is 0 Å². The summed E-state index contributed by atoms with van der Waals surface area (Å²) in [6, 6.07) is 30.7. The molecule has 0 saturated heterocycles. The van der Waals surface area contributed by atoms with E-state index < -0.39 is 7.12 Å². The second-order valence-electron chi connectivity index (χ2n) is 9.76. The minimum atomic E-state index is -1.70. The maximum Gasteiger partial charge on any atom is 1.00 e. The van der Waals surface area contributed by atoms with Crippen molar-refractivity contribution in [3.05, 3.63) is 121 Å². The number of aromatic nitrogens is 6. The van der Waals surface area contributed by atoms with E-state index in [0.29, 0.717) is 0 Å². The molecule has 202 valence electrons. The number of nitrogens with zero attached hydrogens (tertiary/aromatic N) is 6. The number of benzene rings is 3. The first-order valence-electron chi connectivity index (χ1n) is 12.9. The van der Waals surface area contributed by atoms with Crippen LogP contribution in [0.1, 0.15) is 17.1 Å². The van der Waals surface area contributed by atoms with Gasteiger partial charge in [0.15, 0.2) is 0 Å². The molecule has 6 aromatic rings. The second kappa shape index (κ2) is 12.5.